The molecule has 0 aliphatic carbocycles. The van der Waals surface area contributed by atoms with Crippen LogP contribution in [0.5, 0.6) is 0 Å². The van der Waals surface area contributed by atoms with Gasteiger partial charge >= 0.3 is 6.18 Å². The third kappa shape index (κ3) is 4.50. The van der Waals surface area contributed by atoms with Gasteiger partial charge in [-0.3, -0.25) is 4.79 Å². The van der Waals surface area contributed by atoms with Crippen LogP contribution >= 0.6 is 0 Å². The highest BCUT2D eigenvalue weighted by molar-refractivity contribution is 5.92. The highest BCUT2D eigenvalue weighted by Gasteiger charge is 2.29. The van der Waals surface area contributed by atoms with E-state index in [1.807, 2.05) is 0 Å². The van der Waals surface area contributed by atoms with E-state index in [-0.39, 0.29) is 17.5 Å². The lowest BCUT2D eigenvalue weighted by atomic mass is 10.1. The van der Waals surface area contributed by atoms with Gasteiger partial charge in [0.2, 0.25) is 5.91 Å². The van der Waals surface area contributed by atoms with Crippen LogP contribution in [0.25, 0.3) is 0 Å². The van der Waals surface area contributed by atoms with E-state index in [4.69, 9.17) is 5.73 Å². The predicted molar refractivity (Wildman–Crippen MR) is 47.4 cm³/mol. The molecule has 0 spiro atoms. The van der Waals surface area contributed by atoms with Crippen molar-refractivity contribution in [1.29, 1.82) is 0 Å². The number of amides is 1. The first kappa shape index (κ1) is 13.5. The van der Waals surface area contributed by atoms with Gasteiger partial charge in [0.05, 0.1) is 0 Å². The molecule has 15 heavy (non-hydrogen) atoms. The van der Waals surface area contributed by atoms with Gasteiger partial charge in [0.1, 0.15) is 6.54 Å². The summed E-state index contributed by atoms with van der Waals surface area (Å²) in [6, 6.07) is 0. The summed E-state index contributed by atoms with van der Waals surface area (Å²) < 4.78 is 35.8. The molecule has 0 aromatic carbocycles. The number of allylic oxidation sites excluding steroid dienone is 1. The van der Waals surface area contributed by atoms with Crippen LogP contribution in [0.15, 0.2) is 24.0 Å². The molecular weight excluding hydrogens is 213 g/mol. The minimum Gasteiger partial charge on any atom is -0.412 e. The Kier molecular flexibility index (Phi) is 4.35. The molecule has 1 heterocycles. The van der Waals surface area contributed by atoms with E-state index in [1.54, 1.807) is 0 Å². The lowest BCUT2D eigenvalue weighted by Crippen LogP contribution is -2.29. The van der Waals surface area contributed by atoms with Gasteiger partial charge in [-0.1, -0.05) is 6.08 Å². The quantitative estimate of drug-likeness (QED) is 0.732. The fourth-order valence-corrected chi connectivity index (χ4v) is 1.08. The second-order valence-electron chi connectivity index (χ2n) is 2.89. The lowest BCUT2D eigenvalue weighted by molar-refractivity contribution is -0.136. The first-order valence-corrected chi connectivity index (χ1v) is 3.88. The summed E-state index contributed by atoms with van der Waals surface area (Å²) in [5, 5.41) is 0. The van der Waals surface area contributed by atoms with Gasteiger partial charge in [-0.25, -0.2) is 0 Å². The van der Waals surface area contributed by atoms with E-state index in [2.05, 4.69) is 0 Å². The van der Waals surface area contributed by atoms with Crippen LogP contribution < -0.4 is 5.73 Å². The maximum Gasteiger partial charge on any atom is 0.406 e. The van der Waals surface area contributed by atoms with Crippen molar-refractivity contribution < 1.29 is 23.4 Å². The van der Waals surface area contributed by atoms with Gasteiger partial charge in [-0.15, -0.1) is 0 Å². The van der Waals surface area contributed by atoms with E-state index >= 15 is 0 Å². The Labute approximate surface area is 84.1 Å². The van der Waals surface area contributed by atoms with Crippen LogP contribution in [0.2, 0.25) is 0 Å². The molecule has 7 heteroatoms. The van der Waals surface area contributed by atoms with Gasteiger partial charge in [-0.2, -0.15) is 13.2 Å². The number of rotatable bonds is 2. The minimum absolute atomic E-state index is 0. The second kappa shape index (κ2) is 4.83. The number of hydrogen-bond donors (Lipinski definition) is 1. The monoisotopic (exact) mass is 224 g/mol. The molecule has 0 radical (unpaired) electrons. The van der Waals surface area contributed by atoms with Crippen molar-refractivity contribution in [2.24, 2.45) is 5.73 Å². The Morgan fingerprint density at radius 3 is 2.60 bits per heavy atom. The van der Waals surface area contributed by atoms with Crippen LogP contribution in [0, 0.1) is 0 Å². The average Bonchev–Trinajstić information content (AvgIpc) is 2.01. The average molecular weight is 224 g/mol. The van der Waals surface area contributed by atoms with Crippen molar-refractivity contribution in [3.63, 3.8) is 0 Å². The van der Waals surface area contributed by atoms with Crippen LogP contribution in [-0.4, -0.2) is 29.0 Å². The van der Waals surface area contributed by atoms with E-state index in [0.29, 0.717) is 0 Å². The molecular formula is C8H11F3N2O2. The van der Waals surface area contributed by atoms with E-state index in [0.717, 1.165) is 11.1 Å². The first-order chi connectivity index (χ1) is 6.38. The highest BCUT2D eigenvalue weighted by Crippen LogP contribution is 2.20. The normalized spacial score (nSPS) is 15.7. The second-order valence-corrected chi connectivity index (χ2v) is 2.89. The molecule has 1 aliphatic rings. The minimum atomic E-state index is -4.29. The van der Waals surface area contributed by atoms with Gasteiger partial charge < -0.3 is 16.1 Å². The number of nitrogens with two attached hydrogens (primary N) is 1. The maximum absolute atomic E-state index is 11.9. The molecule has 1 rings (SSSR count). The predicted octanol–water partition coefficient (Wildman–Crippen LogP) is 0.313. The molecule has 0 saturated carbocycles. The molecule has 0 fully saturated rings. The molecule has 0 unspecified atom stereocenters. The van der Waals surface area contributed by atoms with Crippen molar-refractivity contribution in [3.8, 4) is 0 Å². The summed E-state index contributed by atoms with van der Waals surface area (Å²) in [6.07, 6.45) is -0.147. The van der Waals surface area contributed by atoms with Crippen molar-refractivity contribution in [3.05, 3.63) is 24.0 Å². The van der Waals surface area contributed by atoms with E-state index in [9.17, 15) is 18.0 Å². The third-order valence-electron chi connectivity index (χ3n) is 1.63. The Balaban J connectivity index is 0.00000196. The SMILES string of the molecule is NC(=O)C1=CN(CC(F)(F)F)C=CC1.O. The lowest BCUT2D eigenvalue weighted by Gasteiger charge is -2.21. The van der Waals surface area contributed by atoms with Gasteiger partial charge in [0, 0.05) is 18.0 Å². The number of carbonyl (C=O) groups excluding carboxylic acids is 1. The van der Waals surface area contributed by atoms with Crippen LogP contribution in [0.3, 0.4) is 0 Å². The molecule has 4 nitrogen and oxygen atoms in total. The highest BCUT2D eigenvalue weighted by atomic mass is 19.4. The summed E-state index contributed by atoms with van der Waals surface area (Å²) in [4.78, 5) is 11.6. The molecule has 4 N–H and O–H groups in total. The Morgan fingerprint density at radius 1 is 1.53 bits per heavy atom. The molecule has 0 saturated heterocycles. The van der Waals surface area contributed by atoms with Gasteiger partial charge in [0.15, 0.2) is 0 Å². The number of alkyl halides is 3. The van der Waals surface area contributed by atoms with E-state index < -0.39 is 18.6 Å². The Hall–Kier alpha value is -1.50. The number of carbonyl (C=O) groups is 1. The van der Waals surface area contributed by atoms with Crippen LogP contribution in [0.4, 0.5) is 13.2 Å². The van der Waals surface area contributed by atoms with Crippen molar-refractivity contribution in [2.75, 3.05) is 6.54 Å². The summed E-state index contributed by atoms with van der Waals surface area (Å²) >= 11 is 0. The Bertz CT molecular complexity index is 297. The molecule has 0 bridgehead atoms. The topological polar surface area (TPSA) is 77.8 Å². The van der Waals surface area contributed by atoms with Crippen LogP contribution in [-0.2, 0) is 4.79 Å². The summed E-state index contributed by atoms with van der Waals surface area (Å²) in [5.74, 6) is -0.693. The zero-order valence-electron chi connectivity index (χ0n) is 7.71. The number of primary amides is 1. The number of nitrogens with zero attached hydrogens (tertiary/aromatic N) is 1. The zero-order chi connectivity index (χ0) is 10.8. The van der Waals surface area contributed by atoms with E-state index in [1.165, 1.54) is 12.3 Å². The zero-order valence-corrected chi connectivity index (χ0v) is 7.71. The third-order valence-corrected chi connectivity index (χ3v) is 1.63. The van der Waals surface area contributed by atoms with Gasteiger partial charge in [0.25, 0.3) is 0 Å². The molecule has 0 aromatic heterocycles. The molecule has 0 atom stereocenters. The smallest absolute Gasteiger partial charge is 0.406 e. The fourth-order valence-electron chi connectivity index (χ4n) is 1.08. The first-order valence-electron chi connectivity index (χ1n) is 3.88. The molecule has 1 aliphatic heterocycles. The standard InChI is InChI=1S/C8H9F3N2O.H2O/c9-8(10,11)5-13-3-1-2-6(4-13)7(12)14;/h1,3-4H,2,5H2,(H2,12,14);1H2. The van der Waals surface area contributed by atoms with Crippen molar-refractivity contribution in [2.45, 2.75) is 12.6 Å². The molecule has 86 valence electrons. The van der Waals surface area contributed by atoms with Crippen molar-refractivity contribution in [1.82, 2.24) is 4.90 Å². The van der Waals surface area contributed by atoms with Crippen LogP contribution in [0.1, 0.15) is 6.42 Å². The Morgan fingerprint density at radius 2 is 2.13 bits per heavy atom. The summed E-state index contributed by atoms with van der Waals surface area (Å²) in [7, 11) is 0. The molecule has 0 aromatic rings. The van der Waals surface area contributed by atoms with Gasteiger partial charge in [-0.05, 0) is 6.42 Å². The molecule has 1 amide bonds. The number of hydrogen-bond acceptors (Lipinski definition) is 2. The maximum atomic E-state index is 11.9. The van der Waals surface area contributed by atoms with Crippen molar-refractivity contribution >= 4 is 5.91 Å². The number of halogens is 3. The largest absolute Gasteiger partial charge is 0.412 e. The fraction of sp³-hybridized carbons (Fsp3) is 0.375. The summed E-state index contributed by atoms with van der Waals surface area (Å²) in [6.45, 7) is -1.11. The summed E-state index contributed by atoms with van der Waals surface area (Å²) in [5.41, 5.74) is 5.12.